The predicted octanol–water partition coefficient (Wildman–Crippen LogP) is 11.1. The highest BCUT2D eigenvalue weighted by Crippen LogP contribution is 2.53. The van der Waals surface area contributed by atoms with E-state index >= 15 is 0 Å². The van der Waals surface area contributed by atoms with Gasteiger partial charge in [-0.15, -0.1) is 0 Å². The van der Waals surface area contributed by atoms with Crippen LogP contribution in [0.1, 0.15) is 25.0 Å². The van der Waals surface area contributed by atoms with Gasteiger partial charge in [0.25, 0.3) is 0 Å². The number of nitrogens with zero attached hydrogens (tertiary/aromatic N) is 4. The molecule has 1 heterocycles. The lowest BCUT2D eigenvalue weighted by Gasteiger charge is -2.22. The highest BCUT2D eigenvalue weighted by molar-refractivity contribution is 5.91. The molecule has 0 saturated heterocycles. The maximum atomic E-state index is 7.73. The van der Waals surface area contributed by atoms with Crippen LogP contribution in [0.15, 0.2) is 146 Å². The Balaban J connectivity index is 1.18. The molecule has 0 unspecified atom stereocenters. The summed E-state index contributed by atoms with van der Waals surface area (Å²) >= 11 is 0. The van der Waals surface area contributed by atoms with E-state index in [1.165, 1.54) is 11.1 Å². The summed E-state index contributed by atoms with van der Waals surface area (Å²) in [5.41, 5.74) is 12.5. The van der Waals surface area contributed by atoms with Gasteiger partial charge in [-0.25, -0.2) is 19.8 Å². The average Bonchev–Trinajstić information content (AvgIpc) is 3.38. The average molecular weight is 603 g/mol. The van der Waals surface area contributed by atoms with Crippen molar-refractivity contribution in [1.29, 1.82) is 0 Å². The largest absolute Gasteiger partial charge is 0.238 e. The Hall–Kier alpha value is -6.18. The first-order valence-corrected chi connectivity index (χ1v) is 15.7. The zero-order chi connectivity index (χ0) is 32.0. The molecule has 7 aromatic rings. The van der Waals surface area contributed by atoms with Crippen LogP contribution in [0.25, 0.3) is 72.4 Å². The molecule has 8 rings (SSSR count). The monoisotopic (exact) mass is 602 g/mol. The zero-order valence-electron chi connectivity index (χ0n) is 26.1. The maximum Gasteiger partial charge on any atom is 0.195 e. The Bertz CT molecular complexity index is 2320. The minimum absolute atomic E-state index is 0.186. The quantitative estimate of drug-likeness (QED) is 0.184. The SMILES string of the molecule is [C-]#[N+]c1cccc2c1-c1ccc(-c3ccc(-c4nc(-c5ccccc5)nc(-c5cccc(-c6ccccc6)c5)n4)cc3)cc1C2(C)C. The number of benzene rings is 6. The van der Waals surface area contributed by atoms with Gasteiger partial charge in [0.1, 0.15) is 0 Å². The molecule has 0 bridgehead atoms. The van der Waals surface area contributed by atoms with Crippen LogP contribution in [0.3, 0.4) is 0 Å². The van der Waals surface area contributed by atoms with Gasteiger partial charge in [0.05, 0.1) is 6.57 Å². The topological polar surface area (TPSA) is 43.0 Å². The molecule has 4 nitrogen and oxygen atoms in total. The molecular formula is C43H30N4. The lowest BCUT2D eigenvalue weighted by atomic mass is 9.81. The van der Waals surface area contributed by atoms with Gasteiger partial charge in [-0.05, 0) is 56.6 Å². The van der Waals surface area contributed by atoms with Crippen molar-refractivity contribution >= 4 is 5.69 Å². The van der Waals surface area contributed by atoms with Gasteiger partial charge in [-0.2, -0.15) is 0 Å². The molecule has 222 valence electrons. The lowest BCUT2D eigenvalue weighted by molar-refractivity contribution is 0.661. The van der Waals surface area contributed by atoms with Crippen molar-refractivity contribution in [3.8, 4) is 67.5 Å². The van der Waals surface area contributed by atoms with Crippen LogP contribution in [0.4, 0.5) is 5.69 Å². The fourth-order valence-electron chi connectivity index (χ4n) is 6.67. The Morgan fingerprint density at radius 2 is 0.936 bits per heavy atom. The van der Waals surface area contributed by atoms with Gasteiger partial charge >= 0.3 is 0 Å². The fraction of sp³-hybridized carbons (Fsp3) is 0.0698. The third-order valence-corrected chi connectivity index (χ3v) is 9.17. The number of hydrogen-bond acceptors (Lipinski definition) is 3. The summed E-state index contributed by atoms with van der Waals surface area (Å²) in [4.78, 5) is 18.7. The van der Waals surface area contributed by atoms with E-state index in [0.29, 0.717) is 23.2 Å². The first kappa shape index (κ1) is 28.3. The molecule has 1 aromatic heterocycles. The van der Waals surface area contributed by atoms with Crippen LogP contribution in [-0.2, 0) is 5.41 Å². The Labute approximate surface area is 274 Å². The highest BCUT2D eigenvalue weighted by Gasteiger charge is 2.36. The van der Waals surface area contributed by atoms with E-state index in [1.54, 1.807) is 0 Å². The van der Waals surface area contributed by atoms with Crippen molar-refractivity contribution in [3.05, 3.63) is 168 Å². The van der Waals surface area contributed by atoms with E-state index in [9.17, 15) is 0 Å². The van der Waals surface area contributed by atoms with Crippen LogP contribution in [-0.4, -0.2) is 15.0 Å². The molecule has 1 aliphatic rings. The third-order valence-electron chi connectivity index (χ3n) is 9.17. The van der Waals surface area contributed by atoms with Gasteiger partial charge in [-0.3, -0.25) is 0 Å². The Kier molecular flexibility index (Phi) is 6.82. The molecule has 0 atom stereocenters. The number of rotatable bonds is 5. The summed E-state index contributed by atoms with van der Waals surface area (Å²) in [6, 6.07) is 49.9. The number of hydrogen-bond donors (Lipinski definition) is 0. The second-order valence-electron chi connectivity index (χ2n) is 12.4. The van der Waals surface area contributed by atoms with Crippen LogP contribution < -0.4 is 0 Å². The highest BCUT2D eigenvalue weighted by atomic mass is 15.0. The van der Waals surface area contributed by atoms with Gasteiger partial charge in [-0.1, -0.05) is 147 Å². The molecule has 1 aliphatic carbocycles. The van der Waals surface area contributed by atoms with E-state index in [2.05, 4.69) is 104 Å². The van der Waals surface area contributed by atoms with E-state index in [-0.39, 0.29) is 5.41 Å². The summed E-state index contributed by atoms with van der Waals surface area (Å²) in [6.45, 7) is 12.2. The van der Waals surface area contributed by atoms with Gasteiger partial charge in [0.15, 0.2) is 23.2 Å². The van der Waals surface area contributed by atoms with E-state index < -0.39 is 0 Å². The lowest BCUT2D eigenvalue weighted by Crippen LogP contribution is -2.14. The Morgan fingerprint density at radius 3 is 1.62 bits per heavy atom. The normalized spacial score (nSPS) is 12.6. The van der Waals surface area contributed by atoms with Gasteiger partial charge in [0.2, 0.25) is 0 Å². The fourth-order valence-corrected chi connectivity index (χ4v) is 6.67. The van der Waals surface area contributed by atoms with Crippen LogP contribution >= 0.6 is 0 Å². The second kappa shape index (κ2) is 11.3. The summed E-state index contributed by atoms with van der Waals surface area (Å²) in [6.07, 6.45) is 0. The summed E-state index contributed by atoms with van der Waals surface area (Å²) < 4.78 is 0. The summed E-state index contributed by atoms with van der Waals surface area (Å²) in [5, 5.41) is 0. The minimum atomic E-state index is -0.186. The van der Waals surface area contributed by atoms with Crippen LogP contribution in [0.5, 0.6) is 0 Å². The van der Waals surface area contributed by atoms with Gasteiger partial charge in [0, 0.05) is 22.1 Å². The van der Waals surface area contributed by atoms with Crippen molar-refractivity contribution in [2.24, 2.45) is 0 Å². The van der Waals surface area contributed by atoms with Gasteiger partial charge < -0.3 is 0 Å². The zero-order valence-corrected chi connectivity index (χ0v) is 26.1. The Morgan fingerprint density at radius 1 is 0.447 bits per heavy atom. The first-order chi connectivity index (χ1) is 23.0. The predicted molar refractivity (Wildman–Crippen MR) is 191 cm³/mol. The minimum Gasteiger partial charge on any atom is -0.238 e. The molecule has 0 saturated carbocycles. The molecule has 0 spiro atoms. The number of aromatic nitrogens is 3. The van der Waals surface area contributed by atoms with E-state index in [4.69, 9.17) is 21.5 Å². The molecule has 0 aliphatic heterocycles. The maximum absolute atomic E-state index is 7.73. The summed E-state index contributed by atoms with van der Waals surface area (Å²) in [5.74, 6) is 1.90. The molecular weight excluding hydrogens is 573 g/mol. The molecule has 6 aromatic carbocycles. The second-order valence-corrected chi connectivity index (χ2v) is 12.4. The van der Waals surface area contributed by atoms with E-state index in [0.717, 1.165) is 50.1 Å². The molecule has 47 heavy (non-hydrogen) atoms. The first-order valence-electron chi connectivity index (χ1n) is 15.7. The summed E-state index contributed by atoms with van der Waals surface area (Å²) in [7, 11) is 0. The molecule has 4 heteroatoms. The van der Waals surface area contributed by atoms with E-state index in [1.807, 2.05) is 60.7 Å². The van der Waals surface area contributed by atoms with Crippen molar-refractivity contribution < 1.29 is 0 Å². The standard InChI is InChI=1S/C43H30N4/c1-43(2)36-18-11-19-38(44-3)39(36)35-25-24-33(27-37(35)43)29-20-22-31(23-21-29)41-45-40(30-14-8-5-9-15-30)46-42(47-41)34-17-10-16-32(26-34)28-12-6-4-7-13-28/h4-27H,1-2H3. The smallest absolute Gasteiger partial charge is 0.195 e. The van der Waals surface area contributed by atoms with Crippen molar-refractivity contribution in [2.75, 3.05) is 0 Å². The molecule has 0 radical (unpaired) electrons. The number of fused-ring (bicyclic) bond motifs is 3. The van der Waals surface area contributed by atoms with Crippen molar-refractivity contribution in [1.82, 2.24) is 15.0 Å². The molecule has 0 N–H and O–H groups in total. The van der Waals surface area contributed by atoms with Crippen LogP contribution in [0, 0.1) is 6.57 Å². The van der Waals surface area contributed by atoms with Crippen molar-refractivity contribution in [3.63, 3.8) is 0 Å². The van der Waals surface area contributed by atoms with Crippen LogP contribution in [0.2, 0.25) is 0 Å². The molecule has 0 amide bonds. The molecule has 0 fully saturated rings. The van der Waals surface area contributed by atoms with Crippen molar-refractivity contribution in [2.45, 2.75) is 19.3 Å². The third kappa shape index (κ3) is 4.99.